The maximum atomic E-state index is 12.5. The van der Waals surface area contributed by atoms with E-state index in [1.165, 1.54) is 18.5 Å². The Hall–Kier alpha value is -3.16. The van der Waals surface area contributed by atoms with Crippen molar-refractivity contribution in [2.45, 2.75) is 12.6 Å². The van der Waals surface area contributed by atoms with Gasteiger partial charge in [0.15, 0.2) is 0 Å². The smallest absolute Gasteiger partial charge is 0.352 e. The summed E-state index contributed by atoms with van der Waals surface area (Å²) in [6.07, 6.45) is -0.924. The molecule has 5 nitrogen and oxygen atoms in total. The number of benzene rings is 2. The van der Waals surface area contributed by atoms with Gasteiger partial charge in [-0.3, -0.25) is 4.79 Å². The van der Waals surface area contributed by atoms with Gasteiger partial charge >= 0.3 is 6.18 Å². The van der Waals surface area contributed by atoms with Gasteiger partial charge in [-0.05, 0) is 48.4 Å². The zero-order chi connectivity index (χ0) is 18.6. The molecule has 1 aromatic heterocycles. The van der Waals surface area contributed by atoms with Gasteiger partial charge in [0.25, 0.3) is 5.91 Å². The van der Waals surface area contributed by atoms with E-state index in [0.29, 0.717) is 18.5 Å². The van der Waals surface area contributed by atoms with E-state index in [1.807, 2.05) is 0 Å². The van der Waals surface area contributed by atoms with Crippen LogP contribution in [0.2, 0.25) is 0 Å². The number of halogens is 3. The Balaban J connectivity index is 1.52. The topological polar surface area (TPSA) is 59.8 Å². The van der Waals surface area contributed by atoms with Crippen molar-refractivity contribution in [1.29, 1.82) is 0 Å². The predicted molar refractivity (Wildman–Crippen MR) is 88.8 cm³/mol. The summed E-state index contributed by atoms with van der Waals surface area (Å²) in [5, 5.41) is 6.75. The van der Waals surface area contributed by atoms with Crippen molar-refractivity contribution in [1.82, 2.24) is 20.1 Å². The number of amides is 1. The number of alkyl halides is 3. The molecular formula is C18H15F3N4O. The van der Waals surface area contributed by atoms with Crippen LogP contribution >= 0.6 is 0 Å². The van der Waals surface area contributed by atoms with Crippen LogP contribution in [0.25, 0.3) is 5.69 Å². The molecule has 0 spiro atoms. The van der Waals surface area contributed by atoms with Crippen molar-refractivity contribution >= 4 is 5.91 Å². The van der Waals surface area contributed by atoms with E-state index in [9.17, 15) is 18.0 Å². The molecule has 3 aromatic rings. The molecule has 0 unspecified atom stereocenters. The number of aromatic nitrogens is 3. The predicted octanol–water partition coefficient (Wildman–Crippen LogP) is 3.26. The van der Waals surface area contributed by atoms with Crippen LogP contribution in [-0.4, -0.2) is 27.2 Å². The van der Waals surface area contributed by atoms with E-state index in [1.54, 1.807) is 35.3 Å². The highest BCUT2D eigenvalue weighted by Crippen LogP contribution is 2.29. The first-order valence-electron chi connectivity index (χ1n) is 7.83. The van der Waals surface area contributed by atoms with Gasteiger partial charge in [0.05, 0.1) is 11.3 Å². The normalized spacial score (nSPS) is 11.3. The van der Waals surface area contributed by atoms with E-state index in [0.717, 1.165) is 23.4 Å². The monoisotopic (exact) mass is 360 g/mol. The van der Waals surface area contributed by atoms with Crippen LogP contribution in [0, 0.1) is 0 Å². The molecule has 26 heavy (non-hydrogen) atoms. The Kier molecular flexibility index (Phi) is 5.01. The van der Waals surface area contributed by atoms with Crippen molar-refractivity contribution in [3.63, 3.8) is 0 Å². The Morgan fingerprint density at radius 2 is 1.73 bits per heavy atom. The van der Waals surface area contributed by atoms with E-state index in [2.05, 4.69) is 15.4 Å². The van der Waals surface area contributed by atoms with Crippen LogP contribution < -0.4 is 5.32 Å². The third-order valence-corrected chi connectivity index (χ3v) is 3.79. The first-order chi connectivity index (χ1) is 12.4. The van der Waals surface area contributed by atoms with Crippen molar-refractivity contribution in [2.75, 3.05) is 6.54 Å². The fourth-order valence-electron chi connectivity index (χ4n) is 2.39. The fraction of sp³-hybridized carbons (Fsp3) is 0.167. The van der Waals surface area contributed by atoms with E-state index in [4.69, 9.17) is 0 Å². The van der Waals surface area contributed by atoms with Crippen LogP contribution in [0.15, 0.2) is 61.2 Å². The van der Waals surface area contributed by atoms with E-state index in [-0.39, 0.29) is 5.91 Å². The highest BCUT2D eigenvalue weighted by Gasteiger charge is 2.29. The quantitative estimate of drug-likeness (QED) is 0.760. The Bertz CT molecular complexity index is 857. The van der Waals surface area contributed by atoms with Gasteiger partial charge in [-0.1, -0.05) is 12.1 Å². The van der Waals surface area contributed by atoms with Crippen molar-refractivity contribution in [3.8, 4) is 5.69 Å². The van der Waals surface area contributed by atoms with Gasteiger partial charge in [-0.15, -0.1) is 0 Å². The molecule has 1 N–H and O–H groups in total. The summed E-state index contributed by atoms with van der Waals surface area (Å²) in [5.74, 6) is -0.248. The molecule has 8 heteroatoms. The molecule has 0 fully saturated rings. The molecule has 0 atom stereocenters. The standard InChI is InChI=1S/C18H15F3N4O/c19-18(20,21)15-5-1-13(2-6-15)9-10-23-17(26)14-3-7-16(8-4-14)25-12-22-11-24-25/h1-8,11-12H,9-10H2,(H,23,26). The lowest BCUT2D eigenvalue weighted by atomic mass is 10.1. The summed E-state index contributed by atoms with van der Waals surface area (Å²) in [6.45, 7) is 0.328. The molecule has 1 heterocycles. The number of hydrogen-bond donors (Lipinski definition) is 1. The number of carbonyl (C=O) groups excluding carboxylic acids is 1. The molecule has 0 aliphatic rings. The average molecular weight is 360 g/mol. The third-order valence-electron chi connectivity index (χ3n) is 3.79. The highest BCUT2D eigenvalue weighted by molar-refractivity contribution is 5.94. The molecule has 1 amide bonds. The molecule has 3 rings (SSSR count). The number of nitrogens with zero attached hydrogens (tertiary/aromatic N) is 3. The summed E-state index contributed by atoms with van der Waals surface area (Å²) >= 11 is 0. The second kappa shape index (κ2) is 7.38. The lowest BCUT2D eigenvalue weighted by Gasteiger charge is -2.09. The third kappa shape index (κ3) is 4.27. The Morgan fingerprint density at radius 3 is 2.31 bits per heavy atom. The maximum absolute atomic E-state index is 12.5. The zero-order valence-electron chi connectivity index (χ0n) is 13.6. The fourth-order valence-corrected chi connectivity index (χ4v) is 2.39. The van der Waals surface area contributed by atoms with Crippen molar-refractivity contribution < 1.29 is 18.0 Å². The van der Waals surface area contributed by atoms with Crippen LogP contribution in [0.4, 0.5) is 13.2 Å². The van der Waals surface area contributed by atoms with E-state index >= 15 is 0 Å². The van der Waals surface area contributed by atoms with Gasteiger partial charge in [0, 0.05) is 12.1 Å². The molecular weight excluding hydrogens is 345 g/mol. The minimum absolute atomic E-state index is 0.248. The highest BCUT2D eigenvalue weighted by atomic mass is 19.4. The minimum atomic E-state index is -4.34. The van der Waals surface area contributed by atoms with Crippen LogP contribution in [0.3, 0.4) is 0 Å². The molecule has 134 valence electrons. The number of rotatable bonds is 5. The molecule has 0 aliphatic carbocycles. The van der Waals surface area contributed by atoms with Crippen molar-refractivity contribution in [3.05, 3.63) is 77.9 Å². The van der Waals surface area contributed by atoms with Crippen LogP contribution in [0.5, 0.6) is 0 Å². The van der Waals surface area contributed by atoms with Crippen LogP contribution in [-0.2, 0) is 12.6 Å². The van der Waals surface area contributed by atoms with Gasteiger partial charge in [0.1, 0.15) is 12.7 Å². The first-order valence-corrected chi connectivity index (χ1v) is 7.83. The molecule has 0 saturated heterocycles. The summed E-state index contributed by atoms with van der Waals surface area (Å²) in [4.78, 5) is 16.0. The number of nitrogens with one attached hydrogen (secondary N) is 1. The van der Waals surface area contributed by atoms with E-state index < -0.39 is 11.7 Å². The summed E-state index contributed by atoms with van der Waals surface area (Å²) in [5.41, 5.74) is 1.31. The lowest BCUT2D eigenvalue weighted by molar-refractivity contribution is -0.137. The maximum Gasteiger partial charge on any atom is 0.416 e. The average Bonchev–Trinajstić information content (AvgIpc) is 3.16. The summed E-state index contributed by atoms with van der Waals surface area (Å²) < 4.78 is 39.1. The van der Waals surface area contributed by atoms with Gasteiger partial charge in [0.2, 0.25) is 0 Å². The molecule has 0 saturated carbocycles. The molecule has 0 bridgehead atoms. The lowest BCUT2D eigenvalue weighted by Crippen LogP contribution is -2.25. The SMILES string of the molecule is O=C(NCCc1ccc(C(F)(F)F)cc1)c1ccc(-n2cncn2)cc1. The Labute approximate surface area is 147 Å². The summed E-state index contributed by atoms with van der Waals surface area (Å²) in [7, 11) is 0. The molecule has 0 radical (unpaired) electrons. The largest absolute Gasteiger partial charge is 0.416 e. The molecule has 0 aliphatic heterocycles. The molecule has 2 aromatic carbocycles. The second-order valence-corrected chi connectivity index (χ2v) is 5.59. The number of hydrogen-bond acceptors (Lipinski definition) is 3. The van der Waals surface area contributed by atoms with Gasteiger partial charge in [-0.25, -0.2) is 9.67 Å². The van der Waals surface area contributed by atoms with Gasteiger partial charge < -0.3 is 5.32 Å². The van der Waals surface area contributed by atoms with Gasteiger partial charge in [-0.2, -0.15) is 18.3 Å². The summed E-state index contributed by atoms with van der Waals surface area (Å²) in [6, 6.07) is 11.8. The van der Waals surface area contributed by atoms with Crippen LogP contribution in [0.1, 0.15) is 21.5 Å². The zero-order valence-corrected chi connectivity index (χ0v) is 13.6. The number of carbonyl (C=O) groups is 1. The first kappa shape index (κ1) is 17.7. The van der Waals surface area contributed by atoms with Crippen molar-refractivity contribution in [2.24, 2.45) is 0 Å². The second-order valence-electron chi connectivity index (χ2n) is 5.59. The minimum Gasteiger partial charge on any atom is -0.352 e. The Morgan fingerprint density at radius 1 is 1.04 bits per heavy atom.